The van der Waals surface area contributed by atoms with Gasteiger partial charge in [-0.25, -0.2) is 4.98 Å². The first-order valence-corrected chi connectivity index (χ1v) is 9.59. The number of carbonyl (C=O) groups excluding carboxylic acids is 1. The second kappa shape index (κ2) is 8.23. The van der Waals surface area contributed by atoms with E-state index >= 15 is 0 Å². The molecular formula is C21H23N3OS. The van der Waals surface area contributed by atoms with Crippen LogP contribution in [0.1, 0.15) is 31.5 Å². The van der Waals surface area contributed by atoms with E-state index in [-0.39, 0.29) is 11.4 Å². The van der Waals surface area contributed by atoms with E-state index in [2.05, 4.69) is 41.3 Å². The van der Waals surface area contributed by atoms with Crippen LogP contribution in [-0.2, 0) is 17.6 Å². The lowest BCUT2D eigenvalue weighted by Crippen LogP contribution is -2.45. The van der Waals surface area contributed by atoms with Gasteiger partial charge < -0.3 is 5.32 Å². The van der Waals surface area contributed by atoms with Crippen LogP contribution >= 0.6 is 11.3 Å². The third-order valence-electron chi connectivity index (χ3n) is 4.05. The number of aryl methyl sites for hydroxylation is 1. The van der Waals surface area contributed by atoms with Crippen molar-refractivity contribution in [2.24, 2.45) is 0 Å². The fraction of sp³-hybridized carbons (Fsp3) is 0.286. The Labute approximate surface area is 158 Å². The Morgan fingerprint density at radius 1 is 1.12 bits per heavy atom. The summed E-state index contributed by atoms with van der Waals surface area (Å²) < 4.78 is 0. The highest BCUT2D eigenvalue weighted by atomic mass is 32.1. The van der Waals surface area contributed by atoms with Crippen molar-refractivity contribution in [2.75, 3.05) is 0 Å². The molecule has 1 N–H and O–H groups in total. The lowest BCUT2D eigenvalue weighted by molar-refractivity contribution is -0.122. The molecule has 0 aliphatic carbocycles. The fourth-order valence-electron chi connectivity index (χ4n) is 2.88. The Morgan fingerprint density at radius 3 is 2.58 bits per heavy atom. The monoisotopic (exact) mass is 365 g/mol. The number of carbonyl (C=O) groups is 1. The highest BCUT2D eigenvalue weighted by Gasteiger charge is 2.21. The van der Waals surface area contributed by atoms with Crippen LogP contribution in [0.3, 0.4) is 0 Å². The molecule has 3 rings (SSSR count). The van der Waals surface area contributed by atoms with Crippen LogP contribution in [0, 0.1) is 0 Å². The van der Waals surface area contributed by atoms with E-state index in [9.17, 15) is 4.79 Å². The molecule has 0 bridgehead atoms. The Bertz CT molecular complexity index is 844. The van der Waals surface area contributed by atoms with Crippen LogP contribution in [0.15, 0.2) is 60.2 Å². The van der Waals surface area contributed by atoms with Crippen LogP contribution in [0.4, 0.5) is 0 Å². The maximum atomic E-state index is 12.4. The Hall–Kier alpha value is -2.53. The number of nitrogens with one attached hydrogen (secondary N) is 1. The zero-order valence-electron chi connectivity index (χ0n) is 15.1. The number of benzene rings is 1. The normalized spacial score (nSPS) is 11.3. The van der Waals surface area contributed by atoms with E-state index in [1.54, 1.807) is 23.7 Å². The van der Waals surface area contributed by atoms with E-state index in [4.69, 9.17) is 0 Å². The Balaban J connectivity index is 1.52. The number of amides is 1. The van der Waals surface area contributed by atoms with E-state index in [1.165, 1.54) is 5.56 Å². The number of thiazole rings is 1. The van der Waals surface area contributed by atoms with Gasteiger partial charge in [0.05, 0.1) is 5.69 Å². The molecule has 0 unspecified atom stereocenters. The number of nitrogens with zero attached hydrogens (tertiary/aromatic N) is 2. The first-order chi connectivity index (χ1) is 12.5. The molecule has 0 aliphatic rings. The van der Waals surface area contributed by atoms with Crippen LogP contribution < -0.4 is 5.32 Å². The third-order valence-corrected chi connectivity index (χ3v) is 4.99. The van der Waals surface area contributed by atoms with Crippen molar-refractivity contribution in [3.05, 3.63) is 71.5 Å². The van der Waals surface area contributed by atoms with Gasteiger partial charge in [-0.1, -0.05) is 30.3 Å². The predicted octanol–water partition coefficient (Wildman–Crippen LogP) is 4.28. The lowest BCUT2D eigenvalue weighted by Gasteiger charge is -2.26. The molecule has 5 heteroatoms. The van der Waals surface area contributed by atoms with Gasteiger partial charge in [-0.15, -0.1) is 11.3 Å². The van der Waals surface area contributed by atoms with E-state index < -0.39 is 0 Å². The highest BCUT2D eigenvalue weighted by Crippen LogP contribution is 2.23. The van der Waals surface area contributed by atoms with Gasteiger partial charge in [0.25, 0.3) is 0 Å². The van der Waals surface area contributed by atoms with Gasteiger partial charge in [0.2, 0.25) is 5.91 Å². The molecule has 0 aliphatic heterocycles. The first kappa shape index (κ1) is 18.3. The maximum Gasteiger partial charge on any atom is 0.220 e. The minimum Gasteiger partial charge on any atom is -0.351 e. The molecule has 134 valence electrons. The summed E-state index contributed by atoms with van der Waals surface area (Å²) in [6.45, 7) is 4.12. The van der Waals surface area contributed by atoms with Crippen LogP contribution in [0.5, 0.6) is 0 Å². The number of hydrogen-bond acceptors (Lipinski definition) is 4. The Morgan fingerprint density at radius 2 is 1.85 bits per heavy atom. The molecule has 0 radical (unpaired) electrons. The molecule has 0 saturated heterocycles. The van der Waals surface area contributed by atoms with Crippen LogP contribution in [0.25, 0.3) is 10.6 Å². The summed E-state index contributed by atoms with van der Waals surface area (Å²) in [5.74, 6) is 0.0596. The van der Waals surface area contributed by atoms with Crippen molar-refractivity contribution in [2.45, 2.75) is 38.6 Å². The first-order valence-electron chi connectivity index (χ1n) is 8.72. The standard InChI is InChI=1S/C21H23N3OS/c1-21(2,14-16-6-4-3-5-7-16)24-19(25)9-8-18-15-26-20(23-18)17-10-12-22-13-11-17/h3-7,10-13,15H,8-9,14H2,1-2H3,(H,24,25). The summed E-state index contributed by atoms with van der Waals surface area (Å²) in [5, 5.41) is 6.13. The van der Waals surface area contributed by atoms with Crippen LogP contribution in [-0.4, -0.2) is 21.4 Å². The quantitative estimate of drug-likeness (QED) is 0.680. The topological polar surface area (TPSA) is 54.9 Å². The van der Waals surface area contributed by atoms with Gasteiger partial charge in [-0.05, 0) is 44.4 Å². The number of rotatable bonds is 7. The molecule has 2 aromatic heterocycles. The number of pyridine rings is 1. The Kier molecular flexibility index (Phi) is 5.78. The van der Waals surface area contributed by atoms with Crippen molar-refractivity contribution in [3.63, 3.8) is 0 Å². The zero-order valence-corrected chi connectivity index (χ0v) is 15.9. The molecule has 1 amide bonds. The van der Waals surface area contributed by atoms with Gasteiger partial charge in [-0.2, -0.15) is 0 Å². The minimum absolute atomic E-state index is 0.0596. The highest BCUT2D eigenvalue weighted by molar-refractivity contribution is 7.13. The van der Waals surface area contributed by atoms with Gasteiger partial charge >= 0.3 is 0 Å². The van der Waals surface area contributed by atoms with Crippen molar-refractivity contribution >= 4 is 17.2 Å². The molecule has 0 saturated carbocycles. The smallest absolute Gasteiger partial charge is 0.220 e. The summed E-state index contributed by atoms with van der Waals surface area (Å²) in [5.41, 5.74) is 2.96. The average molecular weight is 366 g/mol. The van der Waals surface area contributed by atoms with Crippen molar-refractivity contribution < 1.29 is 4.79 Å². The van der Waals surface area contributed by atoms with Crippen LogP contribution in [0.2, 0.25) is 0 Å². The molecular weight excluding hydrogens is 342 g/mol. The van der Waals surface area contributed by atoms with Gasteiger partial charge in [-0.3, -0.25) is 9.78 Å². The number of hydrogen-bond donors (Lipinski definition) is 1. The van der Waals surface area contributed by atoms with E-state index in [0.29, 0.717) is 12.8 Å². The van der Waals surface area contributed by atoms with Gasteiger partial charge in [0.15, 0.2) is 0 Å². The minimum atomic E-state index is -0.275. The van der Waals surface area contributed by atoms with E-state index in [1.807, 2.05) is 35.7 Å². The molecule has 3 aromatic rings. The second-order valence-corrected chi connectivity index (χ2v) is 7.83. The molecule has 0 fully saturated rings. The molecule has 0 spiro atoms. The van der Waals surface area contributed by atoms with Crippen molar-refractivity contribution in [1.29, 1.82) is 0 Å². The average Bonchev–Trinajstić information content (AvgIpc) is 3.10. The summed E-state index contributed by atoms with van der Waals surface area (Å²) in [7, 11) is 0. The molecule has 4 nitrogen and oxygen atoms in total. The van der Waals surface area contributed by atoms with Gasteiger partial charge in [0, 0.05) is 35.3 Å². The molecule has 0 atom stereocenters. The summed E-state index contributed by atoms with van der Waals surface area (Å²) >= 11 is 1.60. The largest absolute Gasteiger partial charge is 0.351 e. The molecule has 2 heterocycles. The fourth-order valence-corrected chi connectivity index (χ4v) is 3.74. The van der Waals surface area contributed by atoms with Crippen molar-refractivity contribution in [1.82, 2.24) is 15.3 Å². The van der Waals surface area contributed by atoms with Gasteiger partial charge in [0.1, 0.15) is 5.01 Å². The molecule has 1 aromatic carbocycles. The van der Waals surface area contributed by atoms with E-state index in [0.717, 1.165) is 22.7 Å². The number of aromatic nitrogens is 2. The summed E-state index contributed by atoms with van der Waals surface area (Å²) in [6, 6.07) is 14.1. The molecule has 26 heavy (non-hydrogen) atoms. The van der Waals surface area contributed by atoms with Crippen molar-refractivity contribution in [3.8, 4) is 10.6 Å². The lowest BCUT2D eigenvalue weighted by atomic mass is 9.94. The second-order valence-electron chi connectivity index (χ2n) is 6.97. The predicted molar refractivity (Wildman–Crippen MR) is 106 cm³/mol. The summed E-state index contributed by atoms with van der Waals surface area (Å²) in [6.07, 6.45) is 5.42. The third kappa shape index (κ3) is 5.23. The summed E-state index contributed by atoms with van der Waals surface area (Å²) in [4.78, 5) is 21.0. The SMILES string of the molecule is CC(C)(Cc1ccccc1)NC(=O)CCc1csc(-c2ccncc2)n1. The maximum absolute atomic E-state index is 12.4. The zero-order chi connectivity index (χ0) is 18.4.